The number of ether oxygens (including phenoxy) is 4. The molecule has 0 saturated carbocycles. The molecule has 0 radical (unpaired) electrons. The highest BCUT2D eigenvalue weighted by Crippen LogP contribution is 2.44. The Labute approximate surface area is 162 Å². The van der Waals surface area contributed by atoms with E-state index in [4.69, 9.17) is 9.47 Å². The highest BCUT2D eigenvalue weighted by atomic mass is 16.9. The minimum Gasteiger partial charge on any atom is -0.433 e. The quantitative estimate of drug-likeness (QED) is 0.530. The summed E-state index contributed by atoms with van der Waals surface area (Å²) >= 11 is 0. The summed E-state index contributed by atoms with van der Waals surface area (Å²) in [5.41, 5.74) is 3.34. The molecule has 0 atom stereocenters. The highest BCUT2D eigenvalue weighted by molar-refractivity contribution is 5.84. The van der Waals surface area contributed by atoms with Crippen molar-refractivity contribution in [3.63, 3.8) is 0 Å². The van der Waals surface area contributed by atoms with Crippen LogP contribution >= 0.6 is 0 Å². The molecule has 0 N–H and O–H groups in total. The third-order valence-corrected chi connectivity index (χ3v) is 4.05. The van der Waals surface area contributed by atoms with Crippen LogP contribution in [0.3, 0.4) is 0 Å². The fraction of sp³-hybridized carbons (Fsp3) is 0.286. The summed E-state index contributed by atoms with van der Waals surface area (Å²) in [5, 5.41) is 0. The van der Waals surface area contributed by atoms with Gasteiger partial charge < -0.3 is 18.9 Å². The molecule has 0 amide bonds. The fourth-order valence-electron chi connectivity index (χ4n) is 3.05. The van der Waals surface area contributed by atoms with Gasteiger partial charge in [-0.25, -0.2) is 14.4 Å². The van der Waals surface area contributed by atoms with Crippen molar-refractivity contribution in [3.8, 4) is 11.1 Å². The first kappa shape index (κ1) is 19.4. The predicted molar refractivity (Wildman–Crippen MR) is 98.9 cm³/mol. The summed E-state index contributed by atoms with van der Waals surface area (Å²) in [6.45, 7) is 4.79. The third kappa shape index (κ3) is 4.49. The van der Waals surface area contributed by atoms with Crippen molar-refractivity contribution in [1.29, 1.82) is 0 Å². The monoisotopic (exact) mass is 384 g/mol. The van der Waals surface area contributed by atoms with Crippen LogP contribution < -0.4 is 0 Å². The molecule has 0 spiro atoms. The maximum absolute atomic E-state index is 11.8. The molecule has 1 aliphatic carbocycles. The SMILES string of the molecule is CC(C)(C)OC(=O)OC(=O)OC(=O)OCC1c2ccccc2-c2ccccc21. The van der Waals surface area contributed by atoms with E-state index in [0.717, 1.165) is 22.3 Å². The van der Waals surface area contributed by atoms with E-state index in [1.807, 2.05) is 48.5 Å². The molecule has 0 fully saturated rings. The Balaban J connectivity index is 1.58. The Morgan fingerprint density at radius 3 is 1.82 bits per heavy atom. The van der Waals surface area contributed by atoms with E-state index in [0.29, 0.717) is 0 Å². The summed E-state index contributed by atoms with van der Waals surface area (Å²) in [6, 6.07) is 15.6. The van der Waals surface area contributed by atoms with Gasteiger partial charge in [-0.2, -0.15) is 0 Å². The van der Waals surface area contributed by atoms with Crippen molar-refractivity contribution in [2.75, 3.05) is 6.61 Å². The van der Waals surface area contributed by atoms with Crippen molar-refractivity contribution >= 4 is 18.5 Å². The molecule has 0 heterocycles. The number of rotatable bonds is 2. The van der Waals surface area contributed by atoms with Crippen LogP contribution in [0, 0.1) is 0 Å². The summed E-state index contributed by atoms with van der Waals surface area (Å²) in [7, 11) is 0. The third-order valence-electron chi connectivity index (χ3n) is 4.05. The lowest BCUT2D eigenvalue weighted by molar-refractivity contribution is -0.00759. The Morgan fingerprint density at radius 2 is 1.29 bits per heavy atom. The van der Waals surface area contributed by atoms with Crippen molar-refractivity contribution < 1.29 is 33.3 Å². The molecule has 0 aromatic heterocycles. The predicted octanol–water partition coefficient (Wildman–Crippen LogP) is 5.02. The Bertz CT molecular complexity index is 865. The number of carbonyl (C=O) groups excluding carboxylic acids is 3. The van der Waals surface area contributed by atoms with Crippen LogP contribution in [0.5, 0.6) is 0 Å². The van der Waals surface area contributed by atoms with Gasteiger partial charge in [0.25, 0.3) is 0 Å². The molecule has 146 valence electrons. The molecule has 28 heavy (non-hydrogen) atoms. The maximum Gasteiger partial charge on any atom is 0.528 e. The van der Waals surface area contributed by atoms with Gasteiger partial charge in [-0.15, -0.1) is 0 Å². The van der Waals surface area contributed by atoms with Crippen LogP contribution in [0.4, 0.5) is 14.4 Å². The van der Waals surface area contributed by atoms with Gasteiger partial charge in [0.1, 0.15) is 12.2 Å². The fourth-order valence-corrected chi connectivity index (χ4v) is 3.05. The van der Waals surface area contributed by atoms with Crippen LogP contribution in [0.1, 0.15) is 37.8 Å². The van der Waals surface area contributed by atoms with Gasteiger partial charge in [0, 0.05) is 5.92 Å². The van der Waals surface area contributed by atoms with Gasteiger partial charge in [0.05, 0.1) is 0 Å². The normalized spacial score (nSPS) is 12.5. The molecular formula is C21H20O7. The van der Waals surface area contributed by atoms with E-state index in [9.17, 15) is 14.4 Å². The lowest BCUT2D eigenvalue weighted by Gasteiger charge is -2.17. The second-order valence-electron chi connectivity index (χ2n) is 7.21. The molecule has 0 aliphatic heterocycles. The first-order valence-corrected chi connectivity index (χ1v) is 8.72. The Hall–Kier alpha value is -3.35. The molecule has 0 bridgehead atoms. The molecule has 1 aliphatic rings. The Morgan fingerprint density at radius 1 is 0.786 bits per heavy atom. The second kappa shape index (κ2) is 7.72. The topological polar surface area (TPSA) is 88.1 Å². The number of fused-ring (bicyclic) bond motifs is 3. The minimum atomic E-state index is -1.51. The number of hydrogen-bond acceptors (Lipinski definition) is 7. The summed E-state index contributed by atoms with van der Waals surface area (Å²) in [5.74, 6) is -0.179. The number of hydrogen-bond donors (Lipinski definition) is 0. The number of benzene rings is 2. The molecule has 2 aromatic rings. The van der Waals surface area contributed by atoms with E-state index >= 15 is 0 Å². The molecule has 0 unspecified atom stereocenters. The zero-order valence-electron chi connectivity index (χ0n) is 15.8. The molecule has 2 aromatic carbocycles. The zero-order valence-corrected chi connectivity index (χ0v) is 15.8. The van der Waals surface area contributed by atoms with Crippen molar-refractivity contribution in [3.05, 3.63) is 59.7 Å². The first-order valence-electron chi connectivity index (χ1n) is 8.72. The van der Waals surface area contributed by atoms with Crippen LogP contribution in [0.15, 0.2) is 48.5 Å². The van der Waals surface area contributed by atoms with Gasteiger partial charge in [-0.05, 0) is 43.0 Å². The number of carbonyl (C=O) groups is 3. The highest BCUT2D eigenvalue weighted by Gasteiger charge is 2.30. The van der Waals surface area contributed by atoms with Crippen LogP contribution in [-0.4, -0.2) is 30.7 Å². The van der Waals surface area contributed by atoms with Crippen LogP contribution in [0.25, 0.3) is 11.1 Å². The largest absolute Gasteiger partial charge is 0.528 e. The molecule has 0 saturated heterocycles. The lowest BCUT2D eigenvalue weighted by Crippen LogP contribution is -2.27. The molecule has 3 rings (SSSR count). The first-order chi connectivity index (χ1) is 13.2. The standard InChI is InChI=1S/C21H20O7/c1-21(2,3)28-20(24)27-19(23)26-18(22)25-12-17-15-10-6-4-8-13(15)14-9-5-7-11-16(14)17/h4-11,17H,12H2,1-3H3. The van der Waals surface area contributed by atoms with Gasteiger partial charge >= 0.3 is 18.5 Å². The molecule has 7 heteroatoms. The summed E-state index contributed by atoms with van der Waals surface area (Å²) < 4.78 is 18.5. The van der Waals surface area contributed by atoms with Crippen molar-refractivity contribution in [2.24, 2.45) is 0 Å². The molecule has 7 nitrogen and oxygen atoms in total. The lowest BCUT2D eigenvalue weighted by atomic mass is 9.98. The Kier molecular flexibility index (Phi) is 5.35. The van der Waals surface area contributed by atoms with Crippen molar-refractivity contribution in [1.82, 2.24) is 0 Å². The van der Waals surface area contributed by atoms with Gasteiger partial charge in [0.15, 0.2) is 0 Å². The van der Waals surface area contributed by atoms with Gasteiger partial charge in [-0.1, -0.05) is 48.5 Å². The van der Waals surface area contributed by atoms with E-state index < -0.39 is 24.1 Å². The van der Waals surface area contributed by atoms with E-state index in [1.54, 1.807) is 20.8 Å². The molecular weight excluding hydrogens is 364 g/mol. The van der Waals surface area contributed by atoms with E-state index in [2.05, 4.69) is 9.47 Å². The summed E-state index contributed by atoms with van der Waals surface area (Å²) in [6.07, 6.45) is -4.02. The maximum atomic E-state index is 11.8. The van der Waals surface area contributed by atoms with E-state index in [1.165, 1.54) is 0 Å². The second-order valence-corrected chi connectivity index (χ2v) is 7.21. The average molecular weight is 384 g/mol. The summed E-state index contributed by atoms with van der Waals surface area (Å²) in [4.78, 5) is 34.7. The van der Waals surface area contributed by atoms with Crippen LogP contribution in [-0.2, 0) is 18.9 Å². The van der Waals surface area contributed by atoms with E-state index in [-0.39, 0.29) is 12.5 Å². The minimum absolute atomic E-state index is 0.0213. The van der Waals surface area contributed by atoms with Crippen LogP contribution in [0.2, 0.25) is 0 Å². The average Bonchev–Trinajstić information content (AvgIpc) is 2.92. The van der Waals surface area contributed by atoms with Crippen molar-refractivity contribution in [2.45, 2.75) is 32.3 Å². The smallest absolute Gasteiger partial charge is 0.433 e. The van der Waals surface area contributed by atoms with Gasteiger partial charge in [-0.3, -0.25) is 0 Å². The van der Waals surface area contributed by atoms with Gasteiger partial charge in [0.2, 0.25) is 0 Å². The zero-order chi connectivity index (χ0) is 20.3.